The van der Waals surface area contributed by atoms with Crippen LogP contribution in [0.1, 0.15) is 29.3 Å². The molecule has 0 amide bonds. The van der Waals surface area contributed by atoms with Crippen molar-refractivity contribution in [2.24, 2.45) is 10.9 Å². The summed E-state index contributed by atoms with van der Waals surface area (Å²) in [6.07, 6.45) is 10.9. The van der Waals surface area contributed by atoms with Crippen LogP contribution in [0.4, 0.5) is 5.69 Å². The van der Waals surface area contributed by atoms with Crippen LogP contribution in [0.3, 0.4) is 0 Å². The second-order valence-electron chi connectivity index (χ2n) is 8.77. The number of rotatable bonds is 8. The number of anilines is 1. The van der Waals surface area contributed by atoms with Crippen LogP contribution >= 0.6 is 0 Å². The van der Waals surface area contributed by atoms with Crippen LogP contribution in [0.25, 0.3) is 22.7 Å². The monoisotopic (exact) mass is 513 g/mol. The summed E-state index contributed by atoms with van der Waals surface area (Å²) in [6, 6.07) is 23.9. The number of hydrogen-bond donors (Lipinski definition) is 3. The van der Waals surface area contributed by atoms with Crippen LogP contribution < -0.4 is 11.6 Å². The number of hydrogen-bond acceptors (Lipinski definition) is 4. The van der Waals surface area contributed by atoms with Crippen molar-refractivity contribution in [3.8, 4) is 5.69 Å². The summed E-state index contributed by atoms with van der Waals surface area (Å²) in [7, 11) is 0. The lowest BCUT2D eigenvalue weighted by atomic mass is 10.0. The van der Waals surface area contributed by atoms with Crippen LogP contribution in [0, 0.1) is 12.3 Å². The van der Waals surface area contributed by atoms with Gasteiger partial charge in [0, 0.05) is 33.6 Å². The second-order valence-corrected chi connectivity index (χ2v) is 8.77. The molecule has 0 atom stereocenters. The van der Waals surface area contributed by atoms with Gasteiger partial charge in [-0.2, -0.15) is 5.10 Å². The summed E-state index contributed by atoms with van der Waals surface area (Å²) in [5.74, 6) is 5.04. The molecule has 4 aromatic rings. The standard InChI is InChI=1S/C26H23N3.C8H12N2/c1-3-4-13-23-18(2)29(25-15-14-21(27)17-24(23)25)22-12-8-11-20(16-22)26(28)19-9-6-5-7-10-19;1-4-6-8(5-2)7(3)10-9/h3-17,28H,1,27H2,2H3;4-6H,1-2,9H2,3H3/b13-4-,28-26?;8-6+,10-7+. The molecule has 0 aliphatic carbocycles. The SMILES string of the molecule is C=C/C=C(C=C)/C(C)=N/N.C=C/C=C\c1c(C)n(-c2cccc(C(=N)c3ccccc3)c2)c2ccc(N)cc12. The van der Waals surface area contributed by atoms with E-state index in [1.807, 2.05) is 67.6 Å². The van der Waals surface area contributed by atoms with Gasteiger partial charge in [0.1, 0.15) is 0 Å². The molecule has 0 radical (unpaired) electrons. The van der Waals surface area contributed by atoms with E-state index in [4.69, 9.17) is 17.0 Å². The fourth-order valence-corrected chi connectivity index (χ4v) is 4.28. The van der Waals surface area contributed by atoms with Gasteiger partial charge in [-0.25, -0.2) is 0 Å². The molecule has 0 saturated carbocycles. The van der Waals surface area contributed by atoms with E-state index in [2.05, 4.69) is 60.6 Å². The average Bonchev–Trinajstić information content (AvgIpc) is 3.24. The molecule has 196 valence electrons. The highest BCUT2D eigenvalue weighted by Gasteiger charge is 2.15. The first-order valence-corrected chi connectivity index (χ1v) is 12.5. The van der Waals surface area contributed by atoms with Crippen molar-refractivity contribution in [1.29, 1.82) is 5.41 Å². The van der Waals surface area contributed by atoms with E-state index in [0.717, 1.165) is 55.9 Å². The maximum absolute atomic E-state index is 8.62. The molecule has 1 heterocycles. The van der Waals surface area contributed by atoms with Crippen LogP contribution in [-0.4, -0.2) is 16.0 Å². The highest BCUT2D eigenvalue weighted by molar-refractivity contribution is 6.11. The molecule has 5 N–H and O–H groups in total. The van der Waals surface area contributed by atoms with Crippen LogP contribution in [0.5, 0.6) is 0 Å². The molecule has 1 aromatic heterocycles. The van der Waals surface area contributed by atoms with Gasteiger partial charge >= 0.3 is 0 Å². The summed E-state index contributed by atoms with van der Waals surface area (Å²) in [5, 5.41) is 13.2. The van der Waals surface area contributed by atoms with Crippen LogP contribution in [0.2, 0.25) is 0 Å². The van der Waals surface area contributed by atoms with Gasteiger partial charge < -0.3 is 16.1 Å². The fourth-order valence-electron chi connectivity index (χ4n) is 4.28. The van der Waals surface area contributed by atoms with Crippen LogP contribution in [-0.2, 0) is 0 Å². The van der Waals surface area contributed by atoms with E-state index in [1.165, 1.54) is 0 Å². The van der Waals surface area contributed by atoms with Gasteiger partial charge in [-0.15, -0.1) is 0 Å². The lowest BCUT2D eigenvalue weighted by Gasteiger charge is -2.12. The molecule has 0 bridgehead atoms. The minimum atomic E-state index is 0.512. The van der Waals surface area contributed by atoms with Crippen LogP contribution in [0.15, 0.2) is 134 Å². The summed E-state index contributed by atoms with van der Waals surface area (Å²) >= 11 is 0. The first-order valence-electron chi connectivity index (χ1n) is 12.5. The Kier molecular flexibility index (Phi) is 9.76. The Hall–Kier alpha value is -5.16. The van der Waals surface area contributed by atoms with Crippen molar-refractivity contribution in [3.05, 3.63) is 151 Å². The highest BCUT2D eigenvalue weighted by Crippen LogP contribution is 2.32. The summed E-state index contributed by atoms with van der Waals surface area (Å²) in [4.78, 5) is 0. The third-order valence-electron chi connectivity index (χ3n) is 6.26. The third kappa shape index (κ3) is 6.59. The Morgan fingerprint density at radius 2 is 1.64 bits per heavy atom. The van der Waals surface area contributed by atoms with E-state index in [1.54, 1.807) is 24.3 Å². The number of nitrogen functional groups attached to an aromatic ring is 1. The smallest absolute Gasteiger partial charge is 0.0685 e. The van der Waals surface area contributed by atoms with Crippen molar-refractivity contribution in [1.82, 2.24) is 4.57 Å². The minimum absolute atomic E-state index is 0.512. The number of aromatic nitrogens is 1. The topological polar surface area (TPSA) is 93.2 Å². The van der Waals surface area contributed by atoms with Gasteiger partial charge in [0.25, 0.3) is 0 Å². The molecule has 3 aromatic carbocycles. The molecule has 0 spiro atoms. The number of nitrogens with zero attached hydrogens (tertiary/aromatic N) is 2. The maximum atomic E-state index is 8.62. The molecular formula is C34H35N5. The number of allylic oxidation sites excluding steroid dienone is 6. The molecule has 0 unspecified atom stereocenters. The van der Waals surface area contributed by atoms with Gasteiger partial charge in [0.05, 0.1) is 16.9 Å². The zero-order valence-electron chi connectivity index (χ0n) is 22.6. The van der Waals surface area contributed by atoms with E-state index in [9.17, 15) is 0 Å². The molecular weight excluding hydrogens is 478 g/mol. The predicted octanol–water partition coefficient (Wildman–Crippen LogP) is 7.76. The number of hydrazone groups is 1. The summed E-state index contributed by atoms with van der Waals surface area (Å²) in [5.41, 5.74) is 15.1. The molecule has 39 heavy (non-hydrogen) atoms. The quantitative estimate of drug-likeness (QED) is 0.0738. The minimum Gasteiger partial charge on any atom is -0.399 e. The number of nitrogens with two attached hydrogens (primary N) is 2. The molecule has 0 fully saturated rings. The third-order valence-corrected chi connectivity index (χ3v) is 6.26. The molecule has 5 nitrogen and oxygen atoms in total. The highest BCUT2D eigenvalue weighted by atomic mass is 15.1. The summed E-state index contributed by atoms with van der Waals surface area (Å²) < 4.78 is 2.22. The maximum Gasteiger partial charge on any atom is 0.0685 e. The predicted molar refractivity (Wildman–Crippen MR) is 170 cm³/mol. The van der Waals surface area contributed by atoms with E-state index >= 15 is 0 Å². The fraction of sp³-hybridized carbons (Fsp3) is 0.0588. The largest absolute Gasteiger partial charge is 0.399 e. The van der Waals surface area contributed by atoms with Crippen molar-refractivity contribution < 1.29 is 0 Å². The second kappa shape index (κ2) is 13.4. The lowest BCUT2D eigenvalue weighted by Crippen LogP contribution is -2.03. The summed E-state index contributed by atoms with van der Waals surface area (Å²) in [6.45, 7) is 14.8. The normalized spacial score (nSPS) is 11.6. The molecule has 0 aliphatic heterocycles. The van der Waals surface area contributed by atoms with Gasteiger partial charge in [-0.05, 0) is 55.3 Å². The molecule has 5 heteroatoms. The van der Waals surface area contributed by atoms with Gasteiger partial charge in [0.2, 0.25) is 0 Å². The molecule has 0 aliphatic rings. The van der Waals surface area contributed by atoms with E-state index in [-0.39, 0.29) is 0 Å². The van der Waals surface area contributed by atoms with Gasteiger partial charge in [-0.3, -0.25) is 5.41 Å². The van der Waals surface area contributed by atoms with E-state index < -0.39 is 0 Å². The zero-order chi connectivity index (χ0) is 28.4. The number of fused-ring (bicyclic) bond motifs is 1. The van der Waals surface area contributed by atoms with E-state index in [0.29, 0.717) is 5.71 Å². The number of nitrogens with one attached hydrogen (secondary N) is 1. The Balaban J connectivity index is 0.000000360. The van der Waals surface area contributed by atoms with Crippen molar-refractivity contribution in [2.45, 2.75) is 13.8 Å². The van der Waals surface area contributed by atoms with Crippen molar-refractivity contribution in [3.63, 3.8) is 0 Å². The van der Waals surface area contributed by atoms with Crippen molar-refractivity contribution in [2.75, 3.05) is 5.73 Å². The van der Waals surface area contributed by atoms with Crippen molar-refractivity contribution >= 4 is 34.1 Å². The Bertz CT molecular complexity index is 1600. The average molecular weight is 514 g/mol. The number of benzene rings is 3. The van der Waals surface area contributed by atoms with Gasteiger partial charge in [0.15, 0.2) is 0 Å². The van der Waals surface area contributed by atoms with Gasteiger partial charge in [-0.1, -0.05) is 98.7 Å². The first-order chi connectivity index (χ1) is 18.9. The molecule has 0 saturated heterocycles. The Morgan fingerprint density at radius 3 is 2.28 bits per heavy atom. The molecule has 4 rings (SSSR count). The zero-order valence-corrected chi connectivity index (χ0v) is 22.6. The first kappa shape index (κ1) is 28.4. The lowest BCUT2D eigenvalue weighted by molar-refractivity contribution is 1.05. The Labute approximate surface area is 231 Å². The Morgan fingerprint density at radius 1 is 0.923 bits per heavy atom.